The minimum atomic E-state index is -0.264. The molecule has 0 saturated heterocycles. The van der Waals surface area contributed by atoms with Gasteiger partial charge in [-0.3, -0.25) is 4.57 Å². The fourth-order valence-electron chi connectivity index (χ4n) is 9.28. The number of para-hydroxylation sites is 1. The number of ether oxygens (including phenoxy) is 1. The van der Waals surface area contributed by atoms with Gasteiger partial charge in [0, 0.05) is 50.5 Å². The predicted octanol–water partition coefficient (Wildman–Crippen LogP) is 15.3. The van der Waals surface area contributed by atoms with Gasteiger partial charge >= 0.3 is 0 Å². The van der Waals surface area contributed by atoms with Crippen LogP contribution in [0.3, 0.4) is 0 Å². The maximum Gasteiger partial charge on any atom is 0.267 e. The van der Waals surface area contributed by atoms with Crippen molar-refractivity contribution in [2.75, 3.05) is 0 Å². The quantitative estimate of drug-likeness (QED) is 0.112. The first-order valence-electron chi connectivity index (χ1n) is 23.2. The molecule has 0 aliphatic carbocycles. The molecule has 10 rings (SSSR count). The largest absolute Gasteiger partial charge is 0.510 e. The Bertz CT molecular complexity index is 3360. The molecule has 6 heteroatoms. The maximum atomic E-state index is 6.89. The van der Waals surface area contributed by atoms with E-state index in [1.165, 1.54) is 33.4 Å². The summed E-state index contributed by atoms with van der Waals surface area (Å²) >= 11 is 0. The van der Waals surface area contributed by atoms with E-state index in [2.05, 4.69) is 252 Å². The molecule has 10 aromatic rings. The standard InChI is InChI=1S/C62H56N4O.Pt/c1-60(2,3)46-31-32-63-58(35-46)66-55-28-20-19-27-51(55)52-30-29-49(39-56(52)66)67-50-34-45(42-21-13-10-14-22-42)33-48(36-50)65-41-64(40-57(65)61(4,5)6)47-37-53(43-23-15-11-16-24-43)59(62(7,8)9)54(38-47)44-25-17-12-18-26-44;/h10-35,37-38,40H,1-9H3;/q-2;. The fourth-order valence-corrected chi connectivity index (χ4v) is 9.28. The molecule has 3 heterocycles. The summed E-state index contributed by atoms with van der Waals surface area (Å²) < 4.78 is 13.4. The molecule has 0 amide bonds. The Hall–Kier alpha value is -6.81. The smallest absolute Gasteiger partial charge is 0.267 e. The van der Waals surface area contributed by atoms with Crippen LogP contribution in [0.1, 0.15) is 79.1 Å². The van der Waals surface area contributed by atoms with Crippen molar-refractivity contribution in [3.8, 4) is 62.1 Å². The van der Waals surface area contributed by atoms with Crippen molar-refractivity contribution in [2.24, 2.45) is 0 Å². The summed E-state index contributed by atoms with van der Waals surface area (Å²) in [5.41, 5.74) is 13.8. The first-order valence-corrected chi connectivity index (χ1v) is 23.2. The van der Waals surface area contributed by atoms with Crippen LogP contribution in [0.2, 0.25) is 0 Å². The molecule has 5 nitrogen and oxygen atoms in total. The van der Waals surface area contributed by atoms with Gasteiger partial charge in [0.2, 0.25) is 0 Å². The van der Waals surface area contributed by atoms with Crippen LogP contribution >= 0.6 is 0 Å². The van der Waals surface area contributed by atoms with Crippen molar-refractivity contribution in [3.05, 3.63) is 211 Å². The van der Waals surface area contributed by atoms with Gasteiger partial charge in [-0.2, -0.15) is 12.1 Å². The molecule has 0 radical (unpaired) electrons. The van der Waals surface area contributed by atoms with E-state index in [4.69, 9.17) is 9.72 Å². The number of hydrogen-bond donors (Lipinski definition) is 0. The van der Waals surface area contributed by atoms with Gasteiger partial charge < -0.3 is 13.9 Å². The normalized spacial score (nSPS) is 12.1. The van der Waals surface area contributed by atoms with Crippen molar-refractivity contribution in [1.82, 2.24) is 14.1 Å². The van der Waals surface area contributed by atoms with Gasteiger partial charge in [0.15, 0.2) is 0 Å². The number of pyridine rings is 1. The van der Waals surface area contributed by atoms with E-state index in [0.29, 0.717) is 11.5 Å². The van der Waals surface area contributed by atoms with Gasteiger partial charge in [0.25, 0.3) is 6.33 Å². The fraction of sp³-hybridized carbons (Fsp3) is 0.194. The predicted molar refractivity (Wildman–Crippen MR) is 275 cm³/mol. The van der Waals surface area contributed by atoms with E-state index in [0.717, 1.165) is 55.8 Å². The molecule has 0 bridgehead atoms. The summed E-state index contributed by atoms with van der Waals surface area (Å²) in [5, 5.41) is 2.21. The van der Waals surface area contributed by atoms with Crippen molar-refractivity contribution >= 4 is 21.8 Å². The third kappa shape index (κ3) is 9.00. The molecule has 342 valence electrons. The first kappa shape index (κ1) is 46.3. The van der Waals surface area contributed by atoms with Crippen LogP contribution in [0.5, 0.6) is 11.5 Å². The molecule has 0 spiro atoms. The molecule has 0 aliphatic heterocycles. The van der Waals surface area contributed by atoms with Crippen molar-refractivity contribution in [1.29, 1.82) is 0 Å². The number of imidazole rings is 1. The zero-order valence-corrected chi connectivity index (χ0v) is 42.5. The summed E-state index contributed by atoms with van der Waals surface area (Å²) in [7, 11) is 0. The van der Waals surface area contributed by atoms with Crippen molar-refractivity contribution in [2.45, 2.75) is 78.6 Å². The van der Waals surface area contributed by atoms with Gasteiger partial charge in [0.05, 0.1) is 11.4 Å². The van der Waals surface area contributed by atoms with Crippen molar-refractivity contribution < 1.29 is 30.4 Å². The average molecular weight is 1070 g/mol. The van der Waals surface area contributed by atoms with Crippen molar-refractivity contribution in [3.63, 3.8) is 0 Å². The SMILES string of the molecule is CC(C)(C)c1ccnc(-n2c3[c-]c(Oc4[c-]c(-n5[c-][n+](-c6cc(-c7ccccc7)c(C(C)(C)C)c(-c7ccccc7)c6)cc5C(C)(C)C)cc(-c5ccccc5)c4)ccc3c3ccccc32)c1.[Pt]. The second-order valence-corrected chi connectivity index (χ2v) is 20.6. The maximum absolute atomic E-state index is 6.89. The van der Waals surface area contributed by atoms with E-state index in [1.54, 1.807) is 0 Å². The molecule has 0 N–H and O–H groups in total. The molecule has 0 saturated carbocycles. The monoisotopic (exact) mass is 1070 g/mol. The van der Waals surface area contributed by atoms with E-state index in [-0.39, 0.29) is 37.3 Å². The minimum Gasteiger partial charge on any atom is -0.510 e. The van der Waals surface area contributed by atoms with E-state index < -0.39 is 0 Å². The Balaban J connectivity index is 0.00000578. The molecule has 3 aromatic heterocycles. The number of benzene rings is 7. The van der Waals surface area contributed by atoms with Crippen LogP contribution < -0.4 is 9.30 Å². The molecule has 0 aliphatic rings. The number of nitrogens with zero attached hydrogens (tertiary/aromatic N) is 4. The first-order chi connectivity index (χ1) is 32.1. The zero-order chi connectivity index (χ0) is 46.7. The summed E-state index contributed by atoms with van der Waals surface area (Å²) in [4.78, 5) is 4.89. The molecular weight excluding hydrogens is 1010 g/mol. The Morgan fingerprint density at radius 3 is 1.74 bits per heavy atom. The van der Waals surface area contributed by atoms with Gasteiger partial charge in [-0.25, -0.2) is 4.98 Å². The molecule has 0 unspecified atom stereocenters. The Morgan fingerprint density at radius 2 is 1.13 bits per heavy atom. The van der Waals surface area contributed by atoms with E-state index >= 15 is 0 Å². The van der Waals surface area contributed by atoms with Crippen LogP contribution in [0, 0.1) is 18.5 Å². The van der Waals surface area contributed by atoms with Crippen LogP contribution in [0.15, 0.2) is 176 Å². The number of fused-ring (bicyclic) bond motifs is 3. The van der Waals surface area contributed by atoms with Gasteiger partial charge in [-0.15, -0.1) is 35.2 Å². The second-order valence-electron chi connectivity index (χ2n) is 20.6. The molecular formula is C62H56N4OPt-2. The van der Waals surface area contributed by atoms with Gasteiger partial charge in [0.1, 0.15) is 5.82 Å². The zero-order valence-electron chi connectivity index (χ0n) is 40.3. The number of hydrogen-bond acceptors (Lipinski definition) is 2. The molecule has 0 atom stereocenters. The van der Waals surface area contributed by atoms with Gasteiger partial charge in [-0.1, -0.05) is 177 Å². The molecule has 7 aromatic carbocycles. The van der Waals surface area contributed by atoms with E-state index in [9.17, 15) is 0 Å². The Morgan fingerprint density at radius 1 is 0.529 bits per heavy atom. The second kappa shape index (κ2) is 18.0. The summed E-state index contributed by atoms with van der Waals surface area (Å²) in [5.74, 6) is 2.00. The summed E-state index contributed by atoms with van der Waals surface area (Å²) in [6.45, 7) is 20.4. The van der Waals surface area contributed by atoms with Crippen LogP contribution in [0.25, 0.3) is 72.4 Å². The third-order valence-corrected chi connectivity index (χ3v) is 12.6. The Kier molecular flexibility index (Phi) is 12.3. The van der Waals surface area contributed by atoms with Gasteiger partial charge in [-0.05, 0) is 96.6 Å². The molecule has 0 fully saturated rings. The van der Waals surface area contributed by atoms with Crippen LogP contribution in [0.4, 0.5) is 0 Å². The molecule has 68 heavy (non-hydrogen) atoms. The van der Waals surface area contributed by atoms with E-state index in [1.807, 2.05) is 18.3 Å². The summed E-state index contributed by atoms with van der Waals surface area (Å²) in [6.07, 6.45) is 7.94. The van der Waals surface area contributed by atoms with Crippen LogP contribution in [-0.4, -0.2) is 14.1 Å². The average Bonchev–Trinajstić information content (AvgIpc) is 3.92. The Labute approximate surface area is 416 Å². The van der Waals surface area contributed by atoms with Crippen LogP contribution in [-0.2, 0) is 37.3 Å². The third-order valence-electron chi connectivity index (χ3n) is 12.6. The number of rotatable bonds is 8. The summed E-state index contributed by atoms with van der Waals surface area (Å²) in [6, 6.07) is 65.2. The minimum absolute atomic E-state index is 0. The topological polar surface area (TPSA) is 35.9 Å². The number of aromatic nitrogens is 4.